The van der Waals surface area contributed by atoms with E-state index >= 15 is 0 Å². The molecule has 2 aromatic rings. The second kappa shape index (κ2) is 6.96. The molecule has 0 amide bonds. The Balaban J connectivity index is 1.99. The van der Waals surface area contributed by atoms with Gasteiger partial charge in [0.2, 0.25) is 0 Å². The van der Waals surface area contributed by atoms with Crippen molar-refractivity contribution in [3.05, 3.63) is 58.1 Å². The van der Waals surface area contributed by atoms with Crippen LogP contribution < -0.4 is 9.47 Å². The van der Waals surface area contributed by atoms with E-state index in [0.29, 0.717) is 6.61 Å². The van der Waals surface area contributed by atoms with Crippen molar-refractivity contribution in [1.82, 2.24) is 0 Å². The third-order valence-electron chi connectivity index (χ3n) is 2.70. The summed E-state index contributed by atoms with van der Waals surface area (Å²) in [4.78, 5) is 0. The molecule has 0 heterocycles. The maximum Gasteiger partial charge on any atom is 0.133 e. The van der Waals surface area contributed by atoms with Gasteiger partial charge in [-0.3, -0.25) is 0 Å². The molecule has 0 bridgehead atoms. The van der Waals surface area contributed by atoms with Crippen LogP contribution in [0.5, 0.6) is 11.5 Å². The molecule has 0 atom stereocenters. The minimum absolute atomic E-state index is 0.538. The maximum absolute atomic E-state index is 5.74. The van der Waals surface area contributed by atoms with Crippen LogP contribution in [0.1, 0.15) is 11.1 Å². The molecule has 0 aliphatic rings. The van der Waals surface area contributed by atoms with Crippen molar-refractivity contribution in [3.8, 4) is 11.5 Å². The Labute approximate surface area is 130 Å². The molecule has 0 radical (unpaired) electrons. The Kier molecular flexibility index (Phi) is 5.28. The van der Waals surface area contributed by atoms with Crippen LogP contribution >= 0.6 is 31.9 Å². The number of hydrogen-bond donors (Lipinski definition) is 0. The van der Waals surface area contributed by atoms with Gasteiger partial charge in [0.25, 0.3) is 0 Å². The van der Waals surface area contributed by atoms with Crippen LogP contribution in [0, 0.1) is 0 Å². The van der Waals surface area contributed by atoms with Gasteiger partial charge in [0.15, 0.2) is 0 Å². The van der Waals surface area contributed by atoms with Gasteiger partial charge in [-0.1, -0.05) is 34.1 Å². The van der Waals surface area contributed by atoms with Crippen LogP contribution in [0.2, 0.25) is 0 Å². The molecular formula is C15H14Br2O2. The first-order valence-corrected chi connectivity index (χ1v) is 7.74. The summed E-state index contributed by atoms with van der Waals surface area (Å²) in [7, 11) is 1.65. The topological polar surface area (TPSA) is 18.5 Å². The van der Waals surface area contributed by atoms with Gasteiger partial charge >= 0.3 is 0 Å². The zero-order chi connectivity index (χ0) is 13.7. The van der Waals surface area contributed by atoms with Crippen molar-refractivity contribution in [1.29, 1.82) is 0 Å². The van der Waals surface area contributed by atoms with Gasteiger partial charge < -0.3 is 9.47 Å². The van der Waals surface area contributed by atoms with E-state index in [1.807, 2.05) is 42.5 Å². The third kappa shape index (κ3) is 3.98. The molecule has 0 unspecified atom stereocenters. The van der Waals surface area contributed by atoms with E-state index < -0.39 is 0 Å². The number of rotatable bonds is 5. The van der Waals surface area contributed by atoms with Gasteiger partial charge in [0.05, 0.1) is 11.6 Å². The quantitative estimate of drug-likeness (QED) is 0.679. The Morgan fingerprint density at radius 1 is 1.00 bits per heavy atom. The van der Waals surface area contributed by atoms with Gasteiger partial charge in [-0.05, 0) is 51.3 Å². The highest BCUT2D eigenvalue weighted by Crippen LogP contribution is 2.26. The minimum atomic E-state index is 0.538. The van der Waals surface area contributed by atoms with Crippen LogP contribution in [-0.2, 0) is 11.9 Å². The van der Waals surface area contributed by atoms with E-state index in [1.54, 1.807) is 7.11 Å². The standard InChI is InChI=1S/C15H14Br2O2/c1-18-15-7-4-12(8-14(15)17)10-19-13-5-2-11(9-16)3-6-13/h2-8H,9-10H2,1H3. The maximum atomic E-state index is 5.74. The van der Waals surface area contributed by atoms with Crippen LogP contribution in [0.3, 0.4) is 0 Å². The summed E-state index contributed by atoms with van der Waals surface area (Å²) < 4.78 is 11.9. The summed E-state index contributed by atoms with van der Waals surface area (Å²) in [6, 6.07) is 14.0. The number of hydrogen-bond acceptors (Lipinski definition) is 2. The normalized spacial score (nSPS) is 10.3. The molecule has 0 aliphatic heterocycles. The first-order valence-electron chi connectivity index (χ1n) is 5.83. The lowest BCUT2D eigenvalue weighted by Gasteiger charge is -2.09. The van der Waals surface area contributed by atoms with Crippen LogP contribution in [0.25, 0.3) is 0 Å². The van der Waals surface area contributed by atoms with Crippen molar-refractivity contribution < 1.29 is 9.47 Å². The number of methoxy groups -OCH3 is 1. The summed E-state index contributed by atoms with van der Waals surface area (Å²) in [6.07, 6.45) is 0. The third-order valence-corrected chi connectivity index (χ3v) is 3.97. The highest BCUT2D eigenvalue weighted by molar-refractivity contribution is 9.10. The van der Waals surface area contributed by atoms with Gasteiger partial charge in [-0.25, -0.2) is 0 Å². The summed E-state index contributed by atoms with van der Waals surface area (Å²) >= 11 is 6.89. The number of benzene rings is 2. The van der Waals surface area contributed by atoms with E-state index in [0.717, 1.165) is 26.9 Å². The first-order chi connectivity index (χ1) is 9.22. The Morgan fingerprint density at radius 2 is 1.68 bits per heavy atom. The van der Waals surface area contributed by atoms with E-state index in [-0.39, 0.29) is 0 Å². The molecule has 19 heavy (non-hydrogen) atoms. The van der Waals surface area contributed by atoms with Crippen molar-refractivity contribution in [3.63, 3.8) is 0 Å². The summed E-state index contributed by atoms with van der Waals surface area (Å²) in [5.41, 5.74) is 2.33. The fourth-order valence-electron chi connectivity index (χ4n) is 1.64. The monoisotopic (exact) mass is 384 g/mol. The molecule has 0 fully saturated rings. The second-order valence-electron chi connectivity index (χ2n) is 4.04. The van der Waals surface area contributed by atoms with Crippen LogP contribution in [-0.4, -0.2) is 7.11 Å². The lowest BCUT2D eigenvalue weighted by Crippen LogP contribution is -1.96. The summed E-state index contributed by atoms with van der Waals surface area (Å²) in [6.45, 7) is 0.538. The molecule has 0 spiro atoms. The molecule has 0 N–H and O–H groups in total. The van der Waals surface area contributed by atoms with Crippen molar-refractivity contribution in [2.24, 2.45) is 0 Å². The Bertz CT molecular complexity index is 538. The van der Waals surface area contributed by atoms with E-state index in [1.165, 1.54) is 5.56 Å². The van der Waals surface area contributed by atoms with Gasteiger partial charge in [-0.2, -0.15) is 0 Å². The largest absolute Gasteiger partial charge is 0.496 e. The highest BCUT2D eigenvalue weighted by Gasteiger charge is 2.02. The molecular weight excluding hydrogens is 372 g/mol. The Morgan fingerprint density at radius 3 is 2.26 bits per heavy atom. The smallest absolute Gasteiger partial charge is 0.133 e. The van der Waals surface area contributed by atoms with Crippen molar-refractivity contribution >= 4 is 31.9 Å². The molecule has 0 aromatic heterocycles. The van der Waals surface area contributed by atoms with E-state index in [4.69, 9.17) is 9.47 Å². The van der Waals surface area contributed by atoms with E-state index in [2.05, 4.69) is 31.9 Å². The van der Waals surface area contributed by atoms with Gasteiger partial charge in [0, 0.05) is 5.33 Å². The van der Waals surface area contributed by atoms with Crippen LogP contribution in [0.4, 0.5) is 0 Å². The molecule has 2 nitrogen and oxygen atoms in total. The fraction of sp³-hybridized carbons (Fsp3) is 0.200. The van der Waals surface area contributed by atoms with Crippen LogP contribution in [0.15, 0.2) is 46.9 Å². The zero-order valence-corrected chi connectivity index (χ0v) is 13.7. The summed E-state index contributed by atoms with van der Waals surface area (Å²) in [5.74, 6) is 1.70. The average molecular weight is 386 g/mol. The average Bonchev–Trinajstić information content (AvgIpc) is 2.46. The fourth-order valence-corrected chi connectivity index (χ4v) is 2.60. The SMILES string of the molecule is COc1ccc(COc2ccc(CBr)cc2)cc1Br. The van der Waals surface area contributed by atoms with Gasteiger partial charge in [-0.15, -0.1) is 0 Å². The summed E-state index contributed by atoms with van der Waals surface area (Å²) in [5, 5.41) is 0.860. The molecule has 0 saturated heterocycles. The molecule has 0 aliphatic carbocycles. The molecule has 2 rings (SSSR count). The molecule has 100 valence electrons. The van der Waals surface area contributed by atoms with E-state index in [9.17, 15) is 0 Å². The number of halogens is 2. The predicted octanol–water partition coefficient (Wildman–Crippen LogP) is 4.93. The molecule has 0 saturated carbocycles. The number of alkyl halides is 1. The first kappa shape index (κ1) is 14.4. The molecule has 4 heteroatoms. The van der Waals surface area contributed by atoms with Crippen molar-refractivity contribution in [2.45, 2.75) is 11.9 Å². The van der Waals surface area contributed by atoms with Crippen molar-refractivity contribution in [2.75, 3.05) is 7.11 Å². The lowest BCUT2D eigenvalue weighted by atomic mass is 10.2. The predicted molar refractivity (Wildman–Crippen MR) is 84.1 cm³/mol. The highest BCUT2D eigenvalue weighted by atomic mass is 79.9. The number of ether oxygens (including phenoxy) is 2. The second-order valence-corrected chi connectivity index (χ2v) is 5.45. The molecule has 2 aromatic carbocycles. The Hall–Kier alpha value is -1.000. The lowest BCUT2D eigenvalue weighted by molar-refractivity contribution is 0.306. The zero-order valence-electron chi connectivity index (χ0n) is 10.5. The van der Waals surface area contributed by atoms with Gasteiger partial charge in [0.1, 0.15) is 18.1 Å². The minimum Gasteiger partial charge on any atom is -0.496 e.